The summed E-state index contributed by atoms with van der Waals surface area (Å²) in [5.74, 6) is 0.805. The topological polar surface area (TPSA) is 29.5 Å². The molecular formula is C16H23NO2. The third-order valence-corrected chi connectivity index (χ3v) is 3.94. The summed E-state index contributed by atoms with van der Waals surface area (Å²) in [5.41, 5.74) is 3.00. The van der Waals surface area contributed by atoms with Gasteiger partial charge in [0.1, 0.15) is 5.75 Å². The lowest BCUT2D eigenvalue weighted by atomic mass is 10.0. The van der Waals surface area contributed by atoms with Gasteiger partial charge in [-0.25, -0.2) is 0 Å². The molecule has 0 N–H and O–H groups in total. The Balaban J connectivity index is 2.29. The summed E-state index contributed by atoms with van der Waals surface area (Å²) in [6.45, 7) is 5.82. The maximum atomic E-state index is 12.6. The van der Waals surface area contributed by atoms with Crippen molar-refractivity contribution in [3.05, 3.63) is 28.8 Å². The van der Waals surface area contributed by atoms with Gasteiger partial charge in [0.25, 0.3) is 5.91 Å². The highest BCUT2D eigenvalue weighted by atomic mass is 16.5. The number of methoxy groups -OCH3 is 1. The largest absolute Gasteiger partial charge is 0.496 e. The number of aryl methyl sites for hydroxylation is 2. The highest BCUT2D eigenvalue weighted by molar-refractivity contribution is 5.97. The molecule has 0 saturated carbocycles. The van der Waals surface area contributed by atoms with E-state index in [1.807, 2.05) is 30.9 Å². The Hall–Kier alpha value is -1.51. The second-order valence-electron chi connectivity index (χ2n) is 5.34. The van der Waals surface area contributed by atoms with Gasteiger partial charge in [0.05, 0.1) is 12.7 Å². The van der Waals surface area contributed by atoms with Crippen LogP contribution in [-0.2, 0) is 0 Å². The molecule has 1 aliphatic rings. The number of nitrogens with zero attached hydrogens (tertiary/aromatic N) is 1. The van der Waals surface area contributed by atoms with Crippen molar-refractivity contribution < 1.29 is 9.53 Å². The van der Waals surface area contributed by atoms with E-state index in [4.69, 9.17) is 4.74 Å². The lowest BCUT2D eigenvalue weighted by Gasteiger charge is -2.22. The minimum absolute atomic E-state index is 0.113. The van der Waals surface area contributed by atoms with Crippen LogP contribution in [0, 0.1) is 13.8 Å². The maximum absolute atomic E-state index is 12.6. The van der Waals surface area contributed by atoms with Crippen LogP contribution in [0.5, 0.6) is 5.75 Å². The molecule has 0 unspecified atom stereocenters. The minimum atomic E-state index is 0.113. The molecule has 1 fully saturated rings. The minimum Gasteiger partial charge on any atom is -0.496 e. The average Bonchev–Trinajstić information content (AvgIpc) is 2.69. The van der Waals surface area contributed by atoms with Gasteiger partial charge < -0.3 is 9.64 Å². The maximum Gasteiger partial charge on any atom is 0.257 e. The Morgan fingerprint density at radius 2 is 1.63 bits per heavy atom. The zero-order valence-corrected chi connectivity index (χ0v) is 12.2. The van der Waals surface area contributed by atoms with Crippen LogP contribution in [0.1, 0.15) is 47.2 Å². The quantitative estimate of drug-likeness (QED) is 0.817. The number of amides is 1. The molecule has 1 aromatic carbocycles. The first-order valence-electron chi connectivity index (χ1n) is 7.08. The third-order valence-electron chi connectivity index (χ3n) is 3.94. The molecule has 1 saturated heterocycles. The molecule has 19 heavy (non-hydrogen) atoms. The average molecular weight is 261 g/mol. The predicted octanol–water partition coefficient (Wildman–Crippen LogP) is 3.33. The van der Waals surface area contributed by atoms with Crippen LogP contribution in [0.3, 0.4) is 0 Å². The summed E-state index contributed by atoms with van der Waals surface area (Å²) >= 11 is 0. The third kappa shape index (κ3) is 3.09. The lowest BCUT2D eigenvalue weighted by Crippen LogP contribution is -2.32. The van der Waals surface area contributed by atoms with Crippen molar-refractivity contribution in [1.82, 2.24) is 4.90 Å². The first-order chi connectivity index (χ1) is 9.13. The van der Waals surface area contributed by atoms with Crippen molar-refractivity contribution in [3.8, 4) is 5.75 Å². The molecular weight excluding hydrogens is 238 g/mol. The first-order valence-corrected chi connectivity index (χ1v) is 7.08. The smallest absolute Gasteiger partial charge is 0.257 e. The van der Waals surface area contributed by atoms with Crippen molar-refractivity contribution in [2.24, 2.45) is 0 Å². The van der Waals surface area contributed by atoms with E-state index in [1.54, 1.807) is 7.11 Å². The van der Waals surface area contributed by atoms with Crippen LogP contribution < -0.4 is 4.74 Å². The molecule has 0 bridgehead atoms. The number of rotatable bonds is 2. The first kappa shape index (κ1) is 13.9. The fourth-order valence-corrected chi connectivity index (χ4v) is 2.57. The van der Waals surface area contributed by atoms with Crippen molar-refractivity contribution in [3.63, 3.8) is 0 Å². The molecule has 1 aromatic rings. The second-order valence-corrected chi connectivity index (χ2v) is 5.34. The van der Waals surface area contributed by atoms with E-state index < -0.39 is 0 Å². The zero-order valence-electron chi connectivity index (χ0n) is 12.2. The van der Waals surface area contributed by atoms with Crippen molar-refractivity contribution >= 4 is 5.91 Å². The van der Waals surface area contributed by atoms with Gasteiger partial charge in [0, 0.05) is 13.1 Å². The van der Waals surface area contributed by atoms with Gasteiger partial charge in [-0.1, -0.05) is 12.8 Å². The summed E-state index contributed by atoms with van der Waals surface area (Å²) < 4.78 is 5.38. The number of hydrogen-bond acceptors (Lipinski definition) is 2. The molecule has 104 valence electrons. The van der Waals surface area contributed by atoms with Gasteiger partial charge in [0.15, 0.2) is 0 Å². The summed E-state index contributed by atoms with van der Waals surface area (Å²) in [6, 6.07) is 3.92. The van der Waals surface area contributed by atoms with Crippen LogP contribution in [-0.4, -0.2) is 31.0 Å². The molecule has 1 heterocycles. The molecule has 0 aromatic heterocycles. The fraction of sp³-hybridized carbons (Fsp3) is 0.562. The van der Waals surface area contributed by atoms with Crippen LogP contribution in [0.4, 0.5) is 0 Å². The summed E-state index contributed by atoms with van der Waals surface area (Å²) in [4.78, 5) is 14.6. The number of carbonyl (C=O) groups is 1. The standard InChI is InChI=1S/C16H23NO2/c1-12-10-14(15(19-3)11-13(12)2)16(18)17-8-6-4-5-7-9-17/h10-11H,4-9H2,1-3H3. The number of ether oxygens (including phenoxy) is 1. The molecule has 0 atom stereocenters. The highest BCUT2D eigenvalue weighted by Crippen LogP contribution is 2.25. The summed E-state index contributed by atoms with van der Waals surface area (Å²) in [6.07, 6.45) is 4.68. The Bertz CT molecular complexity index is 460. The lowest BCUT2D eigenvalue weighted by molar-refractivity contribution is 0.0758. The van der Waals surface area contributed by atoms with Crippen molar-refractivity contribution in [2.45, 2.75) is 39.5 Å². The Morgan fingerprint density at radius 1 is 1.05 bits per heavy atom. The van der Waals surface area contributed by atoms with Crippen LogP contribution in [0.2, 0.25) is 0 Å². The van der Waals surface area contributed by atoms with E-state index >= 15 is 0 Å². The molecule has 2 rings (SSSR count). The zero-order chi connectivity index (χ0) is 13.8. The van der Waals surface area contributed by atoms with Gasteiger partial charge >= 0.3 is 0 Å². The fourth-order valence-electron chi connectivity index (χ4n) is 2.57. The van der Waals surface area contributed by atoms with Crippen molar-refractivity contribution in [1.29, 1.82) is 0 Å². The Morgan fingerprint density at radius 3 is 2.21 bits per heavy atom. The predicted molar refractivity (Wildman–Crippen MR) is 76.8 cm³/mol. The SMILES string of the molecule is COc1cc(C)c(C)cc1C(=O)N1CCCCCC1. The van der Waals surface area contributed by atoms with E-state index in [-0.39, 0.29) is 5.91 Å². The van der Waals surface area contributed by atoms with Crippen molar-refractivity contribution in [2.75, 3.05) is 20.2 Å². The Labute approximate surface area is 115 Å². The number of hydrogen-bond donors (Lipinski definition) is 0. The van der Waals surface area contributed by atoms with E-state index in [9.17, 15) is 4.79 Å². The van der Waals surface area contributed by atoms with Gasteiger partial charge in [-0.05, 0) is 49.9 Å². The summed E-state index contributed by atoms with van der Waals surface area (Å²) in [7, 11) is 1.63. The van der Waals surface area contributed by atoms with Crippen LogP contribution in [0.15, 0.2) is 12.1 Å². The second kappa shape index (κ2) is 6.09. The molecule has 1 aliphatic heterocycles. The monoisotopic (exact) mass is 261 g/mol. The molecule has 3 nitrogen and oxygen atoms in total. The Kier molecular flexibility index (Phi) is 4.46. The molecule has 0 spiro atoms. The van der Waals surface area contributed by atoms with E-state index in [2.05, 4.69) is 0 Å². The number of carbonyl (C=O) groups excluding carboxylic acids is 1. The molecule has 3 heteroatoms. The molecule has 0 aliphatic carbocycles. The van der Waals surface area contributed by atoms with Gasteiger partial charge in [-0.2, -0.15) is 0 Å². The number of likely N-dealkylation sites (tertiary alicyclic amines) is 1. The normalized spacial score (nSPS) is 16.1. The van der Waals surface area contributed by atoms with E-state index in [1.165, 1.54) is 12.8 Å². The highest BCUT2D eigenvalue weighted by Gasteiger charge is 2.21. The van der Waals surface area contributed by atoms with Gasteiger partial charge in [-0.15, -0.1) is 0 Å². The van der Waals surface area contributed by atoms with E-state index in [0.717, 1.165) is 37.1 Å². The number of benzene rings is 1. The molecule has 0 radical (unpaired) electrons. The van der Waals surface area contributed by atoms with E-state index in [0.29, 0.717) is 11.3 Å². The van der Waals surface area contributed by atoms with Crippen LogP contribution >= 0.6 is 0 Å². The van der Waals surface area contributed by atoms with Gasteiger partial charge in [-0.3, -0.25) is 4.79 Å². The molecule has 1 amide bonds. The summed E-state index contributed by atoms with van der Waals surface area (Å²) in [5, 5.41) is 0. The van der Waals surface area contributed by atoms with Crippen LogP contribution in [0.25, 0.3) is 0 Å². The van der Waals surface area contributed by atoms with Gasteiger partial charge in [0.2, 0.25) is 0 Å².